The third-order valence-electron chi connectivity index (χ3n) is 3.82. The highest BCUT2D eigenvalue weighted by Gasteiger charge is 2.27. The van der Waals surface area contributed by atoms with Gasteiger partial charge in [0.2, 0.25) is 0 Å². The monoisotopic (exact) mass is 201 g/mol. The summed E-state index contributed by atoms with van der Waals surface area (Å²) in [5, 5.41) is 3.63. The van der Waals surface area contributed by atoms with Gasteiger partial charge in [0.15, 0.2) is 0 Å². The van der Waals surface area contributed by atoms with Gasteiger partial charge >= 0.3 is 0 Å². The van der Waals surface area contributed by atoms with Crippen molar-refractivity contribution in [2.24, 2.45) is 5.92 Å². The van der Waals surface area contributed by atoms with Crippen LogP contribution < -0.4 is 5.32 Å². The Hall–Kier alpha value is -0.980. The number of fused-ring (bicyclic) bond motifs is 1. The Balaban J connectivity index is 1.74. The van der Waals surface area contributed by atoms with Crippen molar-refractivity contribution >= 4 is 5.69 Å². The molecule has 1 aromatic rings. The van der Waals surface area contributed by atoms with Crippen LogP contribution in [0, 0.1) is 5.92 Å². The third-order valence-corrected chi connectivity index (χ3v) is 3.82. The summed E-state index contributed by atoms with van der Waals surface area (Å²) >= 11 is 0. The van der Waals surface area contributed by atoms with E-state index >= 15 is 0 Å². The van der Waals surface area contributed by atoms with Crippen molar-refractivity contribution in [3.63, 3.8) is 0 Å². The summed E-state index contributed by atoms with van der Waals surface area (Å²) in [6.45, 7) is 2.31. The quantitative estimate of drug-likeness (QED) is 0.790. The number of rotatable bonds is 3. The first-order valence-electron chi connectivity index (χ1n) is 6.21. The van der Waals surface area contributed by atoms with Crippen molar-refractivity contribution in [3.8, 4) is 0 Å². The van der Waals surface area contributed by atoms with E-state index in [4.69, 9.17) is 0 Å². The molecule has 2 aliphatic rings. The van der Waals surface area contributed by atoms with E-state index in [0.29, 0.717) is 6.04 Å². The van der Waals surface area contributed by atoms with Gasteiger partial charge in [0.25, 0.3) is 0 Å². The standard InChI is InChI=1S/C14H19N/c1-10(11-5-6-11)15-14-8-7-12-3-2-4-13(12)9-14/h7-11,15H,2-6H2,1H3. The van der Waals surface area contributed by atoms with E-state index in [9.17, 15) is 0 Å². The second-order valence-corrected chi connectivity index (χ2v) is 5.11. The molecular weight excluding hydrogens is 182 g/mol. The SMILES string of the molecule is CC(Nc1ccc2c(c1)CCC2)C1CC1. The fourth-order valence-corrected chi connectivity index (χ4v) is 2.64. The molecule has 0 saturated heterocycles. The molecule has 80 valence electrons. The molecule has 0 heterocycles. The first kappa shape index (κ1) is 9.26. The van der Waals surface area contributed by atoms with Crippen LogP contribution in [-0.2, 0) is 12.8 Å². The van der Waals surface area contributed by atoms with Crippen LogP contribution >= 0.6 is 0 Å². The lowest BCUT2D eigenvalue weighted by Crippen LogP contribution is -2.17. The molecule has 0 spiro atoms. The minimum Gasteiger partial charge on any atom is -0.382 e. The van der Waals surface area contributed by atoms with E-state index in [2.05, 4.69) is 30.4 Å². The summed E-state index contributed by atoms with van der Waals surface area (Å²) in [6, 6.07) is 7.58. The Kier molecular flexibility index (Phi) is 2.19. The van der Waals surface area contributed by atoms with Crippen molar-refractivity contribution < 1.29 is 0 Å². The van der Waals surface area contributed by atoms with E-state index in [1.165, 1.54) is 37.8 Å². The fraction of sp³-hybridized carbons (Fsp3) is 0.571. The highest BCUT2D eigenvalue weighted by atomic mass is 14.9. The maximum absolute atomic E-state index is 3.63. The molecule has 2 aliphatic carbocycles. The summed E-state index contributed by atoms with van der Waals surface area (Å²) in [5.74, 6) is 0.929. The largest absolute Gasteiger partial charge is 0.382 e. The predicted octanol–water partition coefficient (Wildman–Crippen LogP) is 3.39. The highest BCUT2D eigenvalue weighted by Crippen LogP contribution is 2.34. The normalized spacial score (nSPS) is 21.1. The molecule has 1 unspecified atom stereocenters. The van der Waals surface area contributed by atoms with Gasteiger partial charge in [-0.15, -0.1) is 0 Å². The van der Waals surface area contributed by atoms with Gasteiger partial charge in [-0.2, -0.15) is 0 Å². The first-order chi connectivity index (χ1) is 7.33. The molecule has 1 heteroatoms. The van der Waals surface area contributed by atoms with Gasteiger partial charge in [-0.3, -0.25) is 0 Å². The molecule has 1 N–H and O–H groups in total. The zero-order valence-corrected chi connectivity index (χ0v) is 9.42. The minimum atomic E-state index is 0.657. The van der Waals surface area contributed by atoms with Crippen LogP contribution in [0.2, 0.25) is 0 Å². The average molecular weight is 201 g/mol. The average Bonchev–Trinajstić information content (AvgIpc) is 2.98. The lowest BCUT2D eigenvalue weighted by molar-refractivity contribution is 0.694. The van der Waals surface area contributed by atoms with Crippen LogP contribution in [-0.4, -0.2) is 6.04 Å². The molecule has 1 fully saturated rings. The van der Waals surface area contributed by atoms with E-state index in [1.807, 2.05) is 0 Å². The lowest BCUT2D eigenvalue weighted by Gasteiger charge is -2.15. The van der Waals surface area contributed by atoms with E-state index in [0.717, 1.165) is 5.92 Å². The molecule has 0 aliphatic heterocycles. The fourth-order valence-electron chi connectivity index (χ4n) is 2.64. The second kappa shape index (κ2) is 3.55. The maximum Gasteiger partial charge on any atom is 0.0345 e. The number of hydrogen-bond acceptors (Lipinski definition) is 1. The van der Waals surface area contributed by atoms with Crippen molar-refractivity contribution in [2.45, 2.75) is 45.1 Å². The minimum absolute atomic E-state index is 0.657. The molecule has 1 nitrogen and oxygen atoms in total. The van der Waals surface area contributed by atoms with Crippen LogP contribution in [0.25, 0.3) is 0 Å². The molecule has 15 heavy (non-hydrogen) atoms. The van der Waals surface area contributed by atoms with Gasteiger partial charge in [-0.05, 0) is 68.2 Å². The van der Waals surface area contributed by atoms with Gasteiger partial charge in [-0.25, -0.2) is 0 Å². The van der Waals surface area contributed by atoms with Crippen molar-refractivity contribution in [1.82, 2.24) is 0 Å². The molecule has 1 atom stereocenters. The number of aryl methyl sites for hydroxylation is 2. The summed E-state index contributed by atoms with van der Waals surface area (Å²) in [5.41, 5.74) is 4.47. The van der Waals surface area contributed by atoms with Gasteiger partial charge < -0.3 is 5.32 Å². The number of anilines is 1. The zero-order chi connectivity index (χ0) is 10.3. The number of nitrogens with one attached hydrogen (secondary N) is 1. The number of benzene rings is 1. The van der Waals surface area contributed by atoms with Gasteiger partial charge in [0.05, 0.1) is 0 Å². The van der Waals surface area contributed by atoms with Gasteiger partial charge in [0.1, 0.15) is 0 Å². The molecule has 3 rings (SSSR count). The van der Waals surface area contributed by atoms with Crippen LogP contribution in [0.15, 0.2) is 18.2 Å². The van der Waals surface area contributed by atoms with Gasteiger partial charge in [0, 0.05) is 11.7 Å². The zero-order valence-electron chi connectivity index (χ0n) is 9.42. The molecule has 0 bridgehead atoms. The van der Waals surface area contributed by atoms with E-state index in [-0.39, 0.29) is 0 Å². The van der Waals surface area contributed by atoms with Crippen LogP contribution in [0.5, 0.6) is 0 Å². The Morgan fingerprint density at radius 1 is 1.20 bits per heavy atom. The highest BCUT2D eigenvalue weighted by molar-refractivity contribution is 5.50. The van der Waals surface area contributed by atoms with Crippen molar-refractivity contribution in [2.75, 3.05) is 5.32 Å². The predicted molar refractivity (Wildman–Crippen MR) is 64.3 cm³/mol. The molecule has 1 aromatic carbocycles. The summed E-state index contributed by atoms with van der Waals surface area (Å²) in [4.78, 5) is 0. The molecule has 1 saturated carbocycles. The topological polar surface area (TPSA) is 12.0 Å². The Bertz CT molecular complexity index is 366. The summed E-state index contributed by atoms with van der Waals surface area (Å²) < 4.78 is 0. The van der Waals surface area contributed by atoms with Crippen LogP contribution in [0.1, 0.15) is 37.3 Å². The van der Waals surface area contributed by atoms with Crippen molar-refractivity contribution in [1.29, 1.82) is 0 Å². The Morgan fingerprint density at radius 3 is 2.80 bits per heavy atom. The Labute approximate surface area is 91.9 Å². The van der Waals surface area contributed by atoms with Crippen molar-refractivity contribution in [3.05, 3.63) is 29.3 Å². The molecule has 0 radical (unpaired) electrons. The van der Waals surface area contributed by atoms with E-state index < -0.39 is 0 Å². The van der Waals surface area contributed by atoms with Crippen LogP contribution in [0.4, 0.5) is 5.69 Å². The first-order valence-corrected chi connectivity index (χ1v) is 6.21. The number of hydrogen-bond donors (Lipinski definition) is 1. The van der Waals surface area contributed by atoms with E-state index in [1.54, 1.807) is 11.1 Å². The summed E-state index contributed by atoms with van der Waals surface area (Å²) in [6.07, 6.45) is 6.74. The lowest BCUT2D eigenvalue weighted by atomic mass is 10.1. The summed E-state index contributed by atoms with van der Waals surface area (Å²) in [7, 11) is 0. The smallest absolute Gasteiger partial charge is 0.0345 e. The molecule has 0 amide bonds. The van der Waals surface area contributed by atoms with Gasteiger partial charge in [-0.1, -0.05) is 6.07 Å². The van der Waals surface area contributed by atoms with Crippen LogP contribution in [0.3, 0.4) is 0 Å². The third kappa shape index (κ3) is 1.88. The molecular formula is C14H19N. The Morgan fingerprint density at radius 2 is 2.00 bits per heavy atom. The second-order valence-electron chi connectivity index (χ2n) is 5.11. The molecule has 0 aromatic heterocycles. The maximum atomic E-state index is 3.63.